The van der Waals surface area contributed by atoms with Crippen molar-refractivity contribution in [3.63, 3.8) is 0 Å². The Bertz CT molecular complexity index is 303. The molecule has 1 N–H and O–H groups in total. The van der Waals surface area contributed by atoms with Crippen molar-refractivity contribution >= 4 is 12.4 Å². The topological polar surface area (TPSA) is 21.3 Å². The average molecular weight is 214 g/mol. The van der Waals surface area contributed by atoms with E-state index in [2.05, 4.69) is 29.6 Å². The van der Waals surface area contributed by atoms with E-state index in [0.717, 1.165) is 6.42 Å². The second-order valence-corrected chi connectivity index (χ2v) is 3.44. The maximum absolute atomic E-state index is 5.43. The highest BCUT2D eigenvalue weighted by atomic mass is 35.5. The Hall–Kier alpha value is -0.570. The van der Waals surface area contributed by atoms with E-state index < -0.39 is 0 Å². The largest absolute Gasteiger partial charge is 0.379 e. The first-order valence-corrected chi connectivity index (χ1v) is 4.64. The van der Waals surface area contributed by atoms with Crippen molar-refractivity contribution in [3.05, 3.63) is 35.4 Å². The fourth-order valence-corrected chi connectivity index (χ4v) is 2.12. The fourth-order valence-electron chi connectivity index (χ4n) is 2.12. The molecule has 78 valence electrons. The highest BCUT2D eigenvalue weighted by molar-refractivity contribution is 5.85. The van der Waals surface area contributed by atoms with Gasteiger partial charge in [0.25, 0.3) is 0 Å². The summed E-state index contributed by atoms with van der Waals surface area (Å²) < 4.78 is 5.43. The predicted octanol–water partition coefficient (Wildman–Crippen LogP) is 1.94. The standard InChI is InChI=1S/C11H15NO.ClH/c1-12-11-9-6-4-3-5-8(9)7-10(11)13-2;/h3-6,10-12H,7H2,1-2H3;1H/t10-,11-;/m0./s1. The van der Waals surface area contributed by atoms with Crippen molar-refractivity contribution in [3.8, 4) is 0 Å². The van der Waals surface area contributed by atoms with Crippen molar-refractivity contribution < 1.29 is 4.74 Å². The number of rotatable bonds is 2. The molecule has 0 aromatic heterocycles. The van der Waals surface area contributed by atoms with Crippen LogP contribution in [0.4, 0.5) is 0 Å². The number of halogens is 1. The zero-order valence-corrected chi connectivity index (χ0v) is 9.30. The Morgan fingerprint density at radius 2 is 2.07 bits per heavy atom. The van der Waals surface area contributed by atoms with Gasteiger partial charge in [-0.3, -0.25) is 0 Å². The zero-order valence-electron chi connectivity index (χ0n) is 8.49. The molecular formula is C11H16ClNO. The number of fused-ring (bicyclic) bond motifs is 1. The minimum Gasteiger partial charge on any atom is -0.379 e. The van der Waals surface area contributed by atoms with Gasteiger partial charge in [-0.25, -0.2) is 0 Å². The smallest absolute Gasteiger partial charge is 0.0806 e. The van der Waals surface area contributed by atoms with E-state index in [1.807, 2.05) is 7.05 Å². The quantitative estimate of drug-likeness (QED) is 0.811. The number of nitrogens with one attached hydrogen (secondary N) is 1. The van der Waals surface area contributed by atoms with E-state index in [-0.39, 0.29) is 12.4 Å². The van der Waals surface area contributed by atoms with Crippen LogP contribution in [0.1, 0.15) is 17.2 Å². The van der Waals surface area contributed by atoms with Gasteiger partial charge < -0.3 is 10.1 Å². The minimum atomic E-state index is 0. The second-order valence-electron chi connectivity index (χ2n) is 3.44. The molecular weight excluding hydrogens is 198 g/mol. The van der Waals surface area contributed by atoms with E-state index in [1.165, 1.54) is 11.1 Å². The van der Waals surface area contributed by atoms with E-state index in [9.17, 15) is 0 Å². The van der Waals surface area contributed by atoms with E-state index in [1.54, 1.807) is 7.11 Å². The van der Waals surface area contributed by atoms with Crippen LogP contribution in [0.15, 0.2) is 24.3 Å². The molecule has 1 aromatic carbocycles. The highest BCUT2D eigenvalue weighted by Crippen LogP contribution is 2.32. The van der Waals surface area contributed by atoms with Gasteiger partial charge in [0.05, 0.1) is 12.1 Å². The van der Waals surface area contributed by atoms with Crippen LogP contribution in [0.25, 0.3) is 0 Å². The molecule has 2 nitrogen and oxygen atoms in total. The third-order valence-electron chi connectivity index (χ3n) is 2.80. The summed E-state index contributed by atoms with van der Waals surface area (Å²) >= 11 is 0. The molecule has 0 bridgehead atoms. The molecule has 0 amide bonds. The van der Waals surface area contributed by atoms with Crippen molar-refractivity contribution in [2.75, 3.05) is 14.2 Å². The number of methoxy groups -OCH3 is 1. The monoisotopic (exact) mass is 213 g/mol. The molecule has 0 radical (unpaired) electrons. The van der Waals surface area contributed by atoms with E-state index in [0.29, 0.717) is 12.1 Å². The summed E-state index contributed by atoms with van der Waals surface area (Å²) in [5, 5.41) is 3.30. The molecule has 2 atom stereocenters. The summed E-state index contributed by atoms with van der Waals surface area (Å²) in [7, 11) is 3.76. The molecule has 0 unspecified atom stereocenters. The van der Waals surface area contributed by atoms with Crippen molar-refractivity contribution in [1.82, 2.24) is 5.32 Å². The maximum Gasteiger partial charge on any atom is 0.0806 e. The van der Waals surface area contributed by atoms with Gasteiger partial charge in [0.1, 0.15) is 0 Å². The van der Waals surface area contributed by atoms with E-state index in [4.69, 9.17) is 4.74 Å². The van der Waals surface area contributed by atoms with Crippen LogP contribution in [-0.2, 0) is 11.2 Å². The van der Waals surface area contributed by atoms with Crippen LogP contribution in [-0.4, -0.2) is 20.3 Å². The first kappa shape index (κ1) is 11.5. The van der Waals surface area contributed by atoms with Crippen LogP contribution in [0, 0.1) is 0 Å². The molecule has 0 aliphatic heterocycles. The van der Waals surface area contributed by atoms with E-state index >= 15 is 0 Å². The molecule has 14 heavy (non-hydrogen) atoms. The van der Waals surface area contributed by atoms with Crippen LogP contribution in [0.3, 0.4) is 0 Å². The Labute approximate surface area is 91.1 Å². The number of likely N-dealkylation sites (N-methyl/N-ethyl adjacent to an activating group) is 1. The zero-order chi connectivity index (χ0) is 9.26. The molecule has 0 fully saturated rings. The van der Waals surface area contributed by atoms with Gasteiger partial charge in [-0.15, -0.1) is 12.4 Å². The lowest BCUT2D eigenvalue weighted by molar-refractivity contribution is 0.0815. The molecule has 0 saturated carbocycles. The van der Waals surface area contributed by atoms with Gasteiger partial charge in [0.2, 0.25) is 0 Å². The minimum absolute atomic E-state index is 0. The number of benzene rings is 1. The van der Waals surface area contributed by atoms with Gasteiger partial charge in [0, 0.05) is 13.5 Å². The Balaban J connectivity index is 0.000000980. The van der Waals surface area contributed by atoms with Gasteiger partial charge in [-0.2, -0.15) is 0 Å². The SMILES string of the molecule is CN[C@H]1c2ccccc2C[C@@H]1OC.Cl. The lowest BCUT2D eigenvalue weighted by Crippen LogP contribution is -2.27. The number of hydrogen-bond acceptors (Lipinski definition) is 2. The van der Waals surface area contributed by atoms with Crippen molar-refractivity contribution in [2.45, 2.75) is 18.6 Å². The second kappa shape index (κ2) is 4.78. The lowest BCUT2D eigenvalue weighted by Gasteiger charge is -2.17. The van der Waals surface area contributed by atoms with Crippen molar-refractivity contribution in [1.29, 1.82) is 0 Å². The normalized spacial score (nSPS) is 24.1. The van der Waals surface area contributed by atoms with Crippen molar-refractivity contribution in [2.24, 2.45) is 0 Å². The highest BCUT2D eigenvalue weighted by Gasteiger charge is 2.30. The van der Waals surface area contributed by atoms with Gasteiger partial charge >= 0.3 is 0 Å². The van der Waals surface area contributed by atoms with Crippen LogP contribution in [0.5, 0.6) is 0 Å². The summed E-state index contributed by atoms with van der Waals surface area (Å²) in [4.78, 5) is 0. The molecule has 1 aliphatic rings. The van der Waals surface area contributed by atoms with Crippen LogP contribution in [0.2, 0.25) is 0 Å². The Morgan fingerprint density at radius 1 is 1.36 bits per heavy atom. The summed E-state index contributed by atoms with van der Waals surface area (Å²) in [6.45, 7) is 0. The summed E-state index contributed by atoms with van der Waals surface area (Å²) in [5.74, 6) is 0. The molecule has 0 saturated heterocycles. The third-order valence-corrected chi connectivity index (χ3v) is 2.80. The van der Waals surface area contributed by atoms with Gasteiger partial charge in [0.15, 0.2) is 0 Å². The molecule has 1 aliphatic carbocycles. The third kappa shape index (κ3) is 1.78. The summed E-state index contributed by atoms with van der Waals surface area (Å²) in [5.41, 5.74) is 2.80. The fraction of sp³-hybridized carbons (Fsp3) is 0.455. The maximum atomic E-state index is 5.43. The van der Waals surface area contributed by atoms with Crippen LogP contribution >= 0.6 is 12.4 Å². The molecule has 3 heteroatoms. The predicted molar refractivity (Wildman–Crippen MR) is 60.0 cm³/mol. The molecule has 0 spiro atoms. The Morgan fingerprint density at radius 3 is 2.71 bits per heavy atom. The Kier molecular flexibility index (Phi) is 3.93. The first-order valence-electron chi connectivity index (χ1n) is 4.64. The van der Waals surface area contributed by atoms with Gasteiger partial charge in [-0.05, 0) is 18.2 Å². The molecule has 0 heterocycles. The molecule has 1 aromatic rings. The number of ether oxygens (including phenoxy) is 1. The summed E-state index contributed by atoms with van der Waals surface area (Å²) in [6.07, 6.45) is 1.32. The van der Waals surface area contributed by atoms with Gasteiger partial charge in [-0.1, -0.05) is 24.3 Å². The summed E-state index contributed by atoms with van der Waals surface area (Å²) in [6, 6.07) is 8.89. The first-order chi connectivity index (χ1) is 6.36. The number of hydrogen-bond donors (Lipinski definition) is 1. The average Bonchev–Trinajstić information content (AvgIpc) is 2.55. The molecule has 2 rings (SSSR count). The van der Waals surface area contributed by atoms with Crippen LogP contribution < -0.4 is 5.32 Å². The lowest BCUT2D eigenvalue weighted by atomic mass is 10.1.